The van der Waals surface area contributed by atoms with Gasteiger partial charge in [-0.1, -0.05) is 0 Å². The summed E-state index contributed by atoms with van der Waals surface area (Å²) in [6.07, 6.45) is -0.727. The van der Waals surface area contributed by atoms with Gasteiger partial charge in [-0.05, 0) is 13.0 Å². The Morgan fingerprint density at radius 2 is 2.06 bits per heavy atom. The summed E-state index contributed by atoms with van der Waals surface area (Å²) in [6.45, 7) is 1.94. The molecule has 1 unspecified atom stereocenters. The summed E-state index contributed by atoms with van der Waals surface area (Å²) in [5.41, 5.74) is 5.27. The minimum Gasteiger partial charge on any atom is -0.390 e. The molecule has 0 fully saturated rings. The van der Waals surface area contributed by atoms with Gasteiger partial charge in [0.05, 0.1) is 6.10 Å². The molecule has 0 saturated carbocycles. The van der Waals surface area contributed by atoms with E-state index in [1.54, 1.807) is 0 Å². The molecule has 1 atom stereocenters. The summed E-state index contributed by atoms with van der Waals surface area (Å²) in [7, 11) is -4.23. The molecule has 0 aliphatic heterocycles. The molecule has 7 nitrogen and oxygen atoms in total. The summed E-state index contributed by atoms with van der Waals surface area (Å²) < 4.78 is 29.5. The number of nitrogens with zero attached hydrogens (tertiary/aromatic N) is 1. The summed E-state index contributed by atoms with van der Waals surface area (Å²) in [5, 5.41) is 9.34. The summed E-state index contributed by atoms with van der Waals surface area (Å²) in [6, 6.07) is 0. The fourth-order valence-corrected chi connectivity index (χ4v) is 1.80. The van der Waals surface area contributed by atoms with Gasteiger partial charge < -0.3 is 15.7 Å². The molecule has 0 aliphatic carbocycles. The van der Waals surface area contributed by atoms with E-state index in [9.17, 15) is 18.3 Å². The molecule has 0 aromatic carbocycles. The first-order valence-corrected chi connectivity index (χ1v) is 6.46. The highest BCUT2D eigenvalue weighted by Crippen LogP contribution is 1.98. The van der Waals surface area contributed by atoms with E-state index in [1.165, 1.54) is 11.8 Å². The van der Waals surface area contributed by atoms with Crippen LogP contribution in [0.4, 0.5) is 0 Å². The van der Waals surface area contributed by atoms with Gasteiger partial charge >= 0.3 is 0 Å². The van der Waals surface area contributed by atoms with E-state index >= 15 is 0 Å². The van der Waals surface area contributed by atoms with E-state index in [0.29, 0.717) is 19.5 Å². The number of hydrogen-bond donors (Lipinski definition) is 3. The Labute approximate surface area is 95.0 Å². The number of aliphatic hydroxyl groups is 1. The molecule has 0 bridgehead atoms. The molecule has 0 rings (SSSR count). The molecule has 4 N–H and O–H groups in total. The van der Waals surface area contributed by atoms with Crippen LogP contribution in [0.1, 0.15) is 13.3 Å². The van der Waals surface area contributed by atoms with Crippen LogP contribution in [0.3, 0.4) is 0 Å². The van der Waals surface area contributed by atoms with Crippen LogP contribution in [-0.4, -0.2) is 60.4 Å². The molecule has 0 aromatic heterocycles. The third-order valence-electron chi connectivity index (χ3n) is 1.91. The zero-order chi connectivity index (χ0) is 12.8. The van der Waals surface area contributed by atoms with Crippen LogP contribution in [0, 0.1) is 0 Å². The number of rotatable bonds is 7. The number of aliphatic hydroxyl groups excluding tert-OH is 1. The molecule has 0 heterocycles. The average molecular weight is 254 g/mol. The SMILES string of the molecule is CC(=O)N(CCCN)CC(O)CS(=O)(=O)O. The Morgan fingerprint density at radius 3 is 2.44 bits per heavy atom. The van der Waals surface area contributed by atoms with Crippen molar-refractivity contribution < 1.29 is 22.9 Å². The van der Waals surface area contributed by atoms with Gasteiger partial charge in [-0.2, -0.15) is 8.42 Å². The normalized spacial score (nSPS) is 13.5. The monoisotopic (exact) mass is 254 g/mol. The third kappa shape index (κ3) is 7.57. The van der Waals surface area contributed by atoms with Gasteiger partial charge in [0.2, 0.25) is 5.91 Å². The highest BCUT2D eigenvalue weighted by molar-refractivity contribution is 7.85. The first kappa shape index (κ1) is 15.3. The van der Waals surface area contributed by atoms with Gasteiger partial charge in [0.25, 0.3) is 10.1 Å². The number of amides is 1. The van der Waals surface area contributed by atoms with Crippen molar-refractivity contribution >= 4 is 16.0 Å². The Bertz CT molecular complexity index is 316. The van der Waals surface area contributed by atoms with Crippen molar-refractivity contribution in [3.63, 3.8) is 0 Å². The van der Waals surface area contributed by atoms with E-state index in [4.69, 9.17) is 10.3 Å². The minimum absolute atomic E-state index is 0.130. The van der Waals surface area contributed by atoms with Crippen molar-refractivity contribution in [2.75, 3.05) is 25.4 Å². The van der Waals surface area contributed by atoms with Gasteiger partial charge in [-0.3, -0.25) is 9.35 Å². The lowest BCUT2D eigenvalue weighted by Gasteiger charge is -2.23. The minimum atomic E-state index is -4.23. The Morgan fingerprint density at radius 1 is 1.50 bits per heavy atom. The maximum absolute atomic E-state index is 11.1. The molecule has 1 amide bonds. The summed E-state index contributed by atoms with van der Waals surface area (Å²) >= 11 is 0. The summed E-state index contributed by atoms with van der Waals surface area (Å²) in [4.78, 5) is 12.4. The van der Waals surface area contributed by atoms with Gasteiger partial charge in [0, 0.05) is 20.0 Å². The number of carbonyl (C=O) groups excluding carboxylic acids is 1. The largest absolute Gasteiger partial charge is 0.390 e. The van der Waals surface area contributed by atoms with Crippen molar-refractivity contribution in [3.05, 3.63) is 0 Å². The molecule has 96 valence electrons. The lowest BCUT2D eigenvalue weighted by molar-refractivity contribution is -0.130. The van der Waals surface area contributed by atoms with E-state index in [0.717, 1.165) is 0 Å². The number of hydrogen-bond acceptors (Lipinski definition) is 5. The van der Waals surface area contributed by atoms with Gasteiger partial charge in [-0.15, -0.1) is 0 Å². The second-order valence-electron chi connectivity index (χ2n) is 3.51. The zero-order valence-electron chi connectivity index (χ0n) is 9.16. The van der Waals surface area contributed by atoms with E-state index in [2.05, 4.69) is 0 Å². The van der Waals surface area contributed by atoms with E-state index in [-0.39, 0.29) is 12.5 Å². The standard InChI is InChI=1S/C8H18N2O5S/c1-7(11)10(4-2-3-9)5-8(12)6-16(13,14)15/h8,12H,2-6,9H2,1H3,(H,13,14,15). The number of carbonyl (C=O) groups is 1. The second-order valence-corrected chi connectivity index (χ2v) is 5.01. The maximum Gasteiger partial charge on any atom is 0.267 e. The van der Waals surface area contributed by atoms with Crippen molar-refractivity contribution in [1.29, 1.82) is 0 Å². The smallest absolute Gasteiger partial charge is 0.267 e. The third-order valence-corrected chi connectivity index (χ3v) is 2.72. The molecular weight excluding hydrogens is 236 g/mol. The molecule has 0 aliphatic rings. The fraction of sp³-hybridized carbons (Fsp3) is 0.875. The van der Waals surface area contributed by atoms with Crippen molar-refractivity contribution in [1.82, 2.24) is 4.90 Å². The van der Waals surface area contributed by atoms with Gasteiger partial charge in [0.15, 0.2) is 0 Å². The molecule has 8 heteroatoms. The molecule has 0 spiro atoms. The Kier molecular flexibility index (Phi) is 6.49. The first-order chi connectivity index (χ1) is 7.26. The number of nitrogens with two attached hydrogens (primary N) is 1. The van der Waals surface area contributed by atoms with Crippen LogP contribution in [0.5, 0.6) is 0 Å². The molecular formula is C8H18N2O5S. The van der Waals surface area contributed by atoms with E-state index in [1.807, 2.05) is 0 Å². The predicted molar refractivity (Wildman–Crippen MR) is 58.3 cm³/mol. The first-order valence-electron chi connectivity index (χ1n) is 4.85. The lowest BCUT2D eigenvalue weighted by atomic mass is 10.3. The summed E-state index contributed by atoms with van der Waals surface area (Å²) in [5.74, 6) is -1.05. The van der Waals surface area contributed by atoms with Crippen molar-refractivity contribution in [2.45, 2.75) is 19.4 Å². The van der Waals surface area contributed by atoms with Crippen molar-refractivity contribution in [3.8, 4) is 0 Å². The van der Waals surface area contributed by atoms with Crippen molar-refractivity contribution in [2.24, 2.45) is 5.73 Å². The lowest BCUT2D eigenvalue weighted by Crippen LogP contribution is -2.40. The van der Waals surface area contributed by atoms with Crippen LogP contribution in [0.2, 0.25) is 0 Å². The van der Waals surface area contributed by atoms with Gasteiger partial charge in [0.1, 0.15) is 5.75 Å². The highest BCUT2D eigenvalue weighted by atomic mass is 32.2. The zero-order valence-corrected chi connectivity index (χ0v) is 9.98. The van der Waals surface area contributed by atoms with Gasteiger partial charge in [-0.25, -0.2) is 0 Å². The molecule has 16 heavy (non-hydrogen) atoms. The van der Waals surface area contributed by atoms with Crippen LogP contribution >= 0.6 is 0 Å². The second kappa shape index (κ2) is 6.79. The molecule has 0 radical (unpaired) electrons. The maximum atomic E-state index is 11.1. The van der Waals surface area contributed by atoms with E-state index < -0.39 is 22.0 Å². The highest BCUT2D eigenvalue weighted by Gasteiger charge is 2.18. The Hall–Kier alpha value is -0.700. The quantitative estimate of drug-likeness (QED) is 0.472. The van der Waals surface area contributed by atoms with Crippen LogP contribution in [-0.2, 0) is 14.9 Å². The molecule has 0 saturated heterocycles. The van der Waals surface area contributed by atoms with Crippen LogP contribution in [0.15, 0.2) is 0 Å². The average Bonchev–Trinajstić information content (AvgIpc) is 2.08. The van der Waals surface area contributed by atoms with Crippen LogP contribution in [0.25, 0.3) is 0 Å². The van der Waals surface area contributed by atoms with Crippen LogP contribution < -0.4 is 5.73 Å². The Balaban J connectivity index is 4.23. The fourth-order valence-electron chi connectivity index (χ4n) is 1.21. The molecule has 0 aromatic rings. The topological polar surface area (TPSA) is 121 Å². The predicted octanol–water partition coefficient (Wildman–Crippen LogP) is -1.57.